The molecular formula is C16H17Cl2N3O3. The van der Waals surface area contributed by atoms with Crippen LogP contribution in [0.5, 0.6) is 5.75 Å². The number of halogens is 2. The Hall–Kier alpha value is -2.10. The van der Waals surface area contributed by atoms with Gasteiger partial charge >= 0.3 is 6.09 Å². The van der Waals surface area contributed by atoms with Gasteiger partial charge in [-0.1, -0.05) is 17.5 Å². The minimum atomic E-state index is -0.451. The van der Waals surface area contributed by atoms with Crippen molar-refractivity contribution >= 4 is 41.0 Å². The lowest BCUT2D eigenvalue weighted by Crippen LogP contribution is -2.41. The number of carbonyl (C=O) groups is 1. The van der Waals surface area contributed by atoms with E-state index in [-0.39, 0.29) is 6.61 Å². The van der Waals surface area contributed by atoms with Crippen LogP contribution < -0.4 is 9.26 Å². The molecule has 0 unspecified atom stereocenters. The van der Waals surface area contributed by atoms with E-state index in [0.29, 0.717) is 35.3 Å². The van der Waals surface area contributed by atoms with Gasteiger partial charge in [0.25, 0.3) is 0 Å². The number of carbonyl (C=O) groups excluding carboxylic acids is 1. The van der Waals surface area contributed by atoms with Crippen LogP contribution >= 0.6 is 23.4 Å². The van der Waals surface area contributed by atoms with Crippen LogP contribution in [0.15, 0.2) is 23.3 Å². The third-order valence-electron chi connectivity index (χ3n) is 3.38. The molecule has 0 saturated carbocycles. The molecular weight excluding hydrogens is 353 g/mol. The standard InChI is InChI=1S/C16H17Cl2N3O3/c1-3-10-24-14-11-12(7-8-13(14)17)21(18)19-15-6-4-5-9-20(15)16(22)23-2/h1,7-8,11H,4-6,9-10H2,2H3. The van der Waals surface area contributed by atoms with Crippen LogP contribution in [0.2, 0.25) is 5.02 Å². The van der Waals surface area contributed by atoms with Crippen molar-refractivity contribution in [2.24, 2.45) is 5.10 Å². The van der Waals surface area contributed by atoms with E-state index in [0.717, 1.165) is 17.4 Å². The van der Waals surface area contributed by atoms with Crippen molar-refractivity contribution in [3.63, 3.8) is 0 Å². The predicted octanol–water partition coefficient (Wildman–Crippen LogP) is 3.88. The van der Waals surface area contributed by atoms with E-state index in [1.54, 1.807) is 18.2 Å². The summed E-state index contributed by atoms with van der Waals surface area (Å²) >= 11 is 12.3. The maximum absolute atomic E-state index is 11.8. The number of likely N-dealkylation sites (tertiary alicyclic amines) is 1. The molecule has 0 radical (unpaired) electrons. The molecule has 24 heavy (non-hydrogen) atoms. The molecule has 128 valence electrons. The summed E-state index contributed by atoms with van der Waals surface area (Å²) in [6.45, 7) is 0.642. The van der Waals surface area contributed by atoms with E-state index >= 15 is 0 Å². The first-order valence-corrected chi connectivity index (χ1v) is 8.03. The molecule has 1 amide bonds. The second-order valence-electron chi connectivity index (χ2n) is 4.96. The summed E-state index contributed by atoms with van der Waals surface area (Å²) in [5, 5.41) is 4.73. The van der Waals surface area contributed by atoms with Gasteiger partial charge in [0.15, 0.2) is 0 Å². The van der Waals surface area contributed by atoms with E-state index in [1.807, 2.05) is 0 Å². The average molecular weight is 370 g/mol. The molecule has 1 fully saturated rings. The second-order valence-corrected chi connectivity index (χ2v) is 5.69. The molecule has 0 atom stereocenters. The summed E-state index contributed by atoms with van der Waals surface area (Å²) in [6.07, 6.45) is 7.17. The maximum Gasteiger partial charge on any atom is 0.414 e. The third kappa shape index (κ3) is 4.47. The molecule has 2 rings (SSSR count). The Kier molecular flexibility index (Phi) is 6.59. The molecule has 0 aliphatic carbocycles. The number of terminal acetylenes is 1. The highest BCUT2D eigenvalue weighted by Gasteiger charge is 2.24. The predicted molar refractivity (Wildman–Crippen MR) is 94.5 cm³/mol. The van der Waals surface area contributed by atoms with Gasteiger partial charge < -0.3 is 9.47 Å². The summed E-state index contributed by atoms with van der Waals surface area (Å²) in [7, 11) is 1.33. The Morgan fingerprint density at radius 1 is 1.50 bits per heavy atom. The number of methoxy groups -OCH3 is 1. The SMILES string of the molecule is C#CCOc1cc(N(Cl)N=C2CCCCN2C(=O)OC)ccc1Cl. The van der Waals surface area contributed by atoms with Gasteiger partial charge in [-0.15, -0.1) is 11.5 Å². The second kappa shape index (κ2) is 8.67. The number of piperidine rings is 1. The Morgan fingerprint density at radius 3 is 3.00 bits per heavy atom. The van der Waals surface area contributed by atoms with Crippen molar-refractivity contribution in [2.75, 3.05) is 24.8 Å². The van der Waals surface area contributed by atoms with Crippen LogP contribution in [0.1, 0.15) is 19.3 Å². The summed E-state index contributed by atoms with van der Waals surface area (Å²) in [4.78, 5) is 13.3. The first-order valence-electron chi connectivity index (χ1n) is 7.31. The highest BCUT2D eigenvalue weighted by molar-refractivity contribution is 6.32. The first kappa shape index (κ1) is 18.2. The number of hydrogen-bond donors (Lipinski definition) is 0. The minimum Gasteiger partial charge on any atom is -0.479 e. The number of anilines is 1. The molecule has 1 aliphatic rings. The third-order valence-corrected chi connectivity index (χ3v) is 3.96. The van der Waals surface area contributed by atoms with Crippen molar-refractivity contribution in [1.29, 1.82) is 0 Å². The molecule has 0 aromatic heterocycles. The number of amides is 1. The van der Waals surface area contributed by atoms with Gasteiger partial charge in [-0.05, 0) is 25.0 Å². The van der Waals surface area contributed by atoms with Gasteiger partial charge in [-0.25, -0.2) is 4.79 Å². The Bertz CT molecular complexity index is 673. The first-order chi connectivity index (χ1) is 11.6. The topological polar surface area (TPSA) is 54.4 Å². The van der Waals surface area contributed by atoms with Gasteiger partial charge in [-0.3, -0.25) is 4.90 Å². The zero-order valence-electron chi connectivity index (χ0n) is 13.2. The fourth-order valence-electron chi connectivity index (χ4n) is 2.22. The van der Waals surface area contributed by atoms with Crippen LogP contribution in [-0.4, -0.2) is 37.1 Å². The number of benzene rings is 1. The van der Waals surface area contributed by atoms with Crippen molar-refractivity contribution in [2.45, 2.75) is 19.3 Å². The normalized spacial score (nSPS) is 15.8. The van der Waals surface area contributed by atoms with Crippen molar-refractivity contribution in [1.82, 2.24) is 4.90 Å². The van der Waals surface area contributed by atoms with Crippen molar-refractivity contribution in [3.05, 3.63) is 23.2 Å². The van der Waals surface area contributed by atoms with Crippen LogP contribution in [-0.2, 0) is 4.74 Å². The van der Waals surface area contributed by atoms with Gasteiger partial charge in [0.05, 0.1) is 17.8 Å². The number of amidine groups is 1. The smallest absolute Gasteiger partial charge is 0.414 e. The van der Waals surface area contributed by atoms with E-state index < -0.39 is 6.09 Å². The zero-order chi connectivity index (χ0) is 17.5. The molecule has 1 aromatic carbocycles. The number of hydrogen-bond acceptors (Lipinski definition) is 5. The zero-order valence-corrected chi connectivity index (χ0v) is 14.7. The van der Waals surface area contributed by atoms with Crippen LogP contribution in [0, 0.1) is 12.3 Å². The van der Waals surface area contributed by atoms with Gasteiger partial charge in [-0.2, -0.15) is 4.53 Å². The highest BCUT2D eigenvalue weighted by Crippen LogP contribution is 2.31. The summed E-state index contributed by atoms with van der Waals surface area (Å²) in [6, 6.07) is 4.95. The molecule has 0 N–H and O–H groups in total. The number of ether oxygens (including phenoxy) is 2. The number of hydrazone groups is 1. The summed E-state index contributed by atoms with van der Waals surface area (Å²) in [5.41, 5.74) is 0.538. The summed E-state index contributed by atoms with van der Waals surface area (Å²) in [5.74, 6) is 3.32. The van der Waals surface area contributed by atoms with Crippen LogP contribution in [0.25, 0.3) is 0 Å². The number of nitrogens with zero attached hydrogens (tertiary/aromatic N) is 3. The number of rotatable bonds is 4. The largest absolute Gasteiger partial charge is 0.479 e. The fourth-order valence-corrected chi connectivity index (χ4v) is 2.59. The van der Waals surface area contributed by atoms with Gasteiger partial charge in [0.1, 0.15) is 18.2 Å². The molecule has 1 aliphatic heterocycles. The summed E-state index contributed by atoms with van der Waals surface area (Å²) < 4.78 is 11.3. The fraction of sp³-hybridized carbons (Fsp3) is 0.375. The minimum absolute atomic E-state index is 0.0933. The Morgan fingerprint density at radius 2 is 2.29 bits per heavy atom. The Balaban J connectivity index is 2.22. The molecule has 1 heterocycles. The van der Waals surface area contributed by atoms with E-state index in [2.05, 4.69) is 11.0 Å². The Labute approximate surface area is 151 Å². The monoisotopic (exact) mass is 369 g/mol. The van der Waals surface area contributed by atoms with Crippen LogP contribution in [0.3, 0.4) is 0 Å². The van der Waals surface area contributed by atoms with Crippen molar-refractivity contribution in [3.8, 4) is 18.1 Å². The van der Waals surface area contributed by atoms with E-state index in [1.165, 1.54) is 12.0 Å². The van der Waals surface area contributed by atoms with E-state index in [9.17, 15) is 4.79 Å². The van der Waals surface area contributed by atoms with Gasteiger partial charge in [0, 0.05) is 30.8 Å². The van der Waals surface area contributed by atoms with Crippen LogP contribution in [0.4, 0.5) is 10.5 Å². The molecule has 0 bridgehead atoms. The maximum atomic E-state index is 11.8. The lowest BCUT2D eigenvalue weighted by molar-refractivity contribution is 0.142. The van der Waals surface area contributed by atoms with E-state index in [4.69, 9.17) is 39.3 Å². The molecule has 0 spiro atoms. The molecule has 1 saturated heterocycles. The molecule has 1 aromatic rings. The molecule has 6 nitrogen and oxygen atoms in total. The lowest BCUT2D eigenvalue weighted by atomic mass is 10.1. The lowest BCUT2D eigenvalue weighted by Gasteiger charge is -2.27. The highest BCUT2D eigenvalue weighted by atomic mass is 35.5. The average Bonchev–Trinajstić information content (AvgIpc) is 2.60. The molecule has 8 heteroatoms. The quantitative estimate of drug-likeness (QED) is 0.459. The van der Waals surface area contributed by atoms with Crippen molar-refractivity contribution < 1.29 is 14.3 Å². The van der Waals surface area contributed by atoms with Gasteiger partial charge in [0.2, 0.25) is 0 Å².